The fourth-order valence-electron chi connectivity index (χ4n) is 3.46. The fraction of sp³-hybridized carbons (Fsp3) is 0.737. The van der Waals surface area contributed by atoms with Crippen LogP contribution in [0.3, 0.4) is 0 Å². The van der Waals surface area contributed by atoms with Crippen LogP contribution >= 0.6 is 0 Å². The number of rotatable bonds is 12. The number of carboxylic acid groups (broad SMARTS) is 2. The maximum atomic E-state index is 12.8. The minimum Gasteiger partial charge on any atom is -0.481 e. The molecule has 0 aliphatic carbocycles. The highest BCUT2D eigenvalue weighted by Crippen LogP contribution is 2.27. The third-order valence-corrected chi connectivity index (χ3v) is 5.37. The van der Waals surface area contributed by atoms with Crippen molar-refractivity contribution >= 4 is 29.7 Å². The van der Waals surface area contributed by atoms with Crippen LogP contribution in [0, 0.1) is 0 Å². The van der Waals surface area contributed by atoms with Crippen molar-refractivity contribution in [2.75, 3.05) is 6.61 Å². The smallest absolute Gasteiger partial charge is 0.332 e. The van der Waals surface area contributed by atoms with Gasteiger partial charge in [-0.2, -0.15) is 0 Å². The van der Waals surface area contributed by atoms with Gasteiger partial charge in [0.2, 0.25) is 17.7 Å². The van der Waals surface area contributed by atoms with Crippen LogP contribution < -0.4 is 16.8 Å². The molecule has 8 atom stereocenters. The summed E-state index contributed by atoms with van der Waals surface area (Å²) in [6, 6.07) is -4.02. The SMILES string of the molecule is CC(=O)N(C1O[C@H](CO)[C@@H](O)[C@H](O[C@H](C)C(=O)O)[C@H]1N)[C@@H](C)C(=O)N[C@H](CCC(=O)O)C(N)=O. The van der Waals surface area contributed by atoms with Crippen LogP contribution in [0.1, 0.15) is 33.6 Å². The molecular formula is C19H32N4O11. The third-order valence-electron chi connectivity index (χ3n) is 5.37. The number of nitrogens with two attached hydrogens (primary N) is 2. The fourth-order valence-corrected chi connectivity index (χ4v) is 3.46. The molecule has 0 aromatic heterocycles. The number of carbonyl (C=O) groups excluding carboxylic acids is 3. The van der Waals surface area contributed by atoms with Crippen molar-refractivity contribution in [3.8, 4) is 0 Å². The van der Waals surface area contributed by atoms with E-state index in [2.05, 4.69) is 5.32 Å². The highest BCUT2D eigenvalue weighted by Gasteiger charge is 2.49. The molecule has 3 amide bonds. The normalized spacial score (nSPS) is 27.2. The number of ether oxygens (including phenoxy) is 2. The molecule has 15 nitrogen and oxygen atoms in total. The molecular weight excluding hydrogens is 460 g/mol. The van der Waals surface area contributed by atoms with E-state index in [-0.39, 0.29) is 6.42 Å². The number of amides is 3. The third kappa shape index (κ3) is 7.33. The number of aliphatic hydroxyl groups excluding tert-OH is 2. The minimum atomic E-state index is -1.55. The van der Waals surface area contributed by atoms with Crippen LogP contribution in [-0.2, 0) is 33.4 Å². The van der Waals surface area contributed by atoms with E-state index in [1.54, 1.807) is 0 Å². The van der Waals surface area contributed by atoms with E-state index in [1.165, 1.54) is 13.8 Å². The Kier molecular flexibility index (Phi) is 10.8. The predicted octanol–water partition coefficient (Wildman–Crippen LogP) is -3.68. The molecule has 1 unspecified atom stereocenters. The average molecular weight is 492 g/mol. The molecule has 0 saturated carbocycles. The molecule has 194 valence electrons. The second kappa shape index (κ2) is 12.6. The number of hydrogen-bond acceptors (Lipinski definition) is 10. The zero-order chi connectivity index (χ0) is 26.3. The van der Waals surface area contributed by atoms with Gasteiger partial charge in [-0.25, -0.2) is 4.79 Å². The Morgan fingerprint density at radius 1 is 1.18 bits per heavy atom. The van der Waals surface area contributed by atoms with Gasteiger partial charge in [0, 0.05) is 13.3 Å². The standard InChI is InChI=1S/C19H32N4O11/c1-7(17(30)22-10(16(21)29)4-5-12(26)27)23(9(3)25)18-13(20)15(33-8(2)19(31)32)14(28)11(6-24)34-18/h7-8,10-11,13-15,18,24,28H,4-6,20H2,1-3H3,(H2,21,29)(H,22,30)(H,26,27)(H,31,32)/t7-,8+,10+,11+,13+,14+,15+,18?/m0/s1. The van der Waals surface area contributed by atoms with Crippen LogP contribution in [0.4, 0.5) is 0 Å². The number of aliphatic hydroxyl groups is 2. The zero-order valence-electron chi connectivity index (χ0n) is 19.0. The van der Waals surface area contributed by atoms with Crippen LogP contribution in [0.2, 0.25) is 0 Å². The van der Waals surface area contributed by atoms with Gasteiger partial charge in [-0.1, -0.05) is 0 Å². The predicted molar refractivity (Wildman–Crippen MR) is 112 cm³/mol. The first-order valence-electron chi connectivity index (χ1n) is 10.4. The molecule has 1 aliphatic heterocycles. The molecule has 1 heterocycles. The van der Waals surface area contributed by atoms with Crippen molar-refractivity contribution in [1.82, 2.24) is 10.2 Å². The Morgan fingerprint density at radius 3 is 2.21 bits per heavy atom. The summed E-state index contributed by atoms with van der Waals surface area (Å²) in [7, 11) is 0. The number of carbonyl (C=O) groups is 5. The first kappa shape index (κ1) is 29.2. The van der Waals surface area contributed by atoms with Gasteiger partial charge >= 0.3 is 11.9 Å². The Bertz CT molecular complexity index is 779. The first-order chi connectivity index (χ1) is 15.7. The van der Waals surface area contributed by atoms with Gasteiger partial charge < -0.3 is 51.6 Å². The highest BCUT2D eigenvalue weighted by atomic mass is 16.6. The molecule has 1 saturated heterocycles. The number of aliphatic carboxylic acids is 2. The van der Waals surface area contributed by atoms with Crippen LogP contribution in [0.5, 0.6) is 0 Å². The molecule has 1 fully saturated rings. The van der Waals surface area contributed by atoms with E-state index in [4.69, 9.17) is 31.2 Å². The first-order valence-corrected chi connectivity index (χ1v) is 10.4. The average Bonchev–Trinajstić information content (AvgIpc) is 2.74. The Hall–Kier alpha value is -2.85. The summed E-state index contributed by atoms with van der Waals surface area (Å²) in [6.07, 6.45) is -7.87. The summed E-state index contributed by atoms with van der Waals surface area (Å²) >= 11 is 0. The lowest BCUT2D eigenvalue weighted by atomic mass is 9.94. The maximum absolute atomic E-state index is 12.8. The molecule has 34 heavy (non-hydrogen) atoms. The van der Waals surface area contributed by atoms with Gasteiger partial charge in [0.1, 0.15) is 30.4 Å². The summed E-state index contributed by atoms with van der Waals surface area (Å²) in [5, 5.41) is 40.2. The van der Waals surface area contributed by atoms with Crippen LogP contribution in [0.15, 0.2) is 0 Å². The second-order valence-corrected chi connectivity index (χ2v) is 7.89. The van der Waals surface area contributed by atoms with E-state index < -0.39 is 91.5 Å². The summed E-state index contributed by atoms with van der Waals surface area (Å²) in [4.78, 5) is 59.7. The summed E-state index contributed by atoms with van der Waals surface area (Å²) in [5.74, 6) is -5.15. The van der Waals surface area contributed by atoms with Crippen molar-refractivity contribution in [2.45, 2.75) is 82.4 Å². The molecule has 1 aliphatic rings. The monoisotopic (exact) mass is 492 g/mol. The number of primary amides is 1. The van der Waals surface area contributed by atoms with Crippen molar-refractivity contribution < 1.29 is 53.9 Å². The molecule has 9 N–H and O–H groups in total. The minimum absolute atomic E-state index is 0.287. The largest absolute Gasteiger partial charge is 0.481 e. The van der Waals surface area contributed by atoms with E-state index in [9.17, 15) is 34.2 Å². The van der Waals surface area contributed by atoms with E-state index in [1.807, 2.05) is 0 Å². The lowest BCUT2D eigenvalue weighted by Gasteiger charge is -2.48. The summed E-state index contributed by atoms with van der Waals surface area (Å²) < 4.78 is 10.9. The Morgan fingerprint density at radius 2 is 1.76 bits per heavy atom. The van der Waals surface area contributed by atoms with Gasteiger partial charge in [-0.3, -0.25) is 19.2 Å². The van der Waals surface area contributed by atoms with Gasteiger partial charge in [0.25, 0.3) is 0 Å². The molecule has 0 aromatic carbocycles. The van der Waals surface area contributed by atoms with Gasteiger partial charge in [-0.15, -0.1) is 0 Å². The van der Waals surface area contributed by atoms with E-state index >= 15 is 0 Å². The van der Waals surface area contributed by atoms with Crippen molar-refractivity contribution in [1.29, 1.82) is 0 Å². The quantitative estimate of drug-likeness (QED) is 0.139. The van der Waals surface area contributed by atoms with Gasteiger partial charge in [0.15, 0.2) is 12.3 Å². The summed E-state index contributed by atoms with van der Waals surface area (Å²) in [5.41, 5.74) is 11.4. The maximum Gasteiger partial charge on any atom is 0.332 e. The molecule has 1 rings (SSSR count). The lowest BCUT2D eigenvalue weighted by molar-refractivity contribution is -0.245. The van der Waals surface area contributed by atoms with E-state index in [0.29, 0.717) is 0 Å². The lowest BCUT2D eigenvalue weighted by Crippen LogP contribution is -2.70. The highest BCUT2D eigenvalue weighted by molar-refractivity contribution is 5.91. The van der Waals surface area contributed by atoms with Crippen molar-refractivity contribution in [3.05, 3.63) is 0 Å². The second-order valence-electron chi connectivity index (χ2n) is 7.89. The number of nitrogens with one attached hydrogen (secondary N) is 1. The van der Waals surface area contributed by atoms with E-state index in [0.717, 1.165) is 11.8 Å². The Balaban J connectivity index is 3.18. The van der Waals surface area contributed by atoms with Gasteiger partial charge in [-0.05, 0) is 20.3 Å². The van der Waals surface area contributed by atoms with Crippen molar-refractivity contribution in [2.24, 2.45) is 11.5 Å². The van der Waals surface area contributed by atoms with Crippen LogP contribution in [-0.4, -0.2) is 110 Å². The molecule has 15 heteroatoms. The molecule has 0 radical (unpaired) electrons. The molecule has 0 bridgehead atoms. The Labute approximate surface area is 195 Å². The number of hydrogen-bond donors (Lipinski definition) is 7. The zero-order valence-corrected chi connectivity index (χ0v) is 19.0. The van der Waals surface area contributed by atoms with Crippen molar-refractivity contribution in [3.63, 3.8) is 0 Å². The summed E-state index contributed by atoms with van der Waals surface area (Å²) in [6.45, 7) is 2.82. The number of carboxylic acids is 2. The molecule has 0 aromatic rings. The topological polar surface area (TPSA) is 252 Å². The number of nitrogens with zero attached hydrogens (tertiary/aromatic N) is 1. The van der Waals surface area contributed by atoms with Gasteiger partial charge in [0.05, 0.1) is 12.6 Å². The van der Waals surface area contributed by atoms with Crippen LogP contribution in [0.25, 0.3) is 0 Å². The molecule has 0 spiro atoms.